The molecule has 0 fully saturated rings. The molecule has 4 aromatic carbocycles. The maximum absolute atomic E-state index is 12.1. The molecule has 150 valence electrons. The number of carbonyl (C=O) groups excluding carboxylic acids is 1. The standard InChI is InChI=1S/C23H17Br2N3O2/c24-20-7-14(8-21(25)23(20)30)12-27-28-22(29)13-26-19-6-5-17-9-15-3-1-2-4-16(15)10-18(17)11-19/h1-12,26,30H,13H2,(H,28,29). The first kappa shape index (κ1) is 20.4. The fraction of sp³-hybridized carbons (Fsp3) is 0.0435. The summed E-state index contributed by atoms with van der Waals surface area (Å²) in [6.45, 7) is 0.0966. The van der Waals surface area contributed by atoms with Gasteiger partial charge >= 0.3 is 0 Å². The van der Waals surface area contributed by atoms with Crippen molar-refractivity contribution in [2.45, 2.75) is 0 Å². The molecule has 0 spiro atoms. The number of rotatable bonds is 5. The van der Waals surface area contributed by atoms with E-state index in [9.17, 15) is 9.90 Å². The van der Waals surface area contributed by atoms with Crippen LogP contribution in [-0.2, 0) is 4.79 Å². The van der Waals surface area contributed by atoms with E-state index in [0.29, 0.717) is 8.95 Å². The third-order valence-corrected chi connectivity index (χ3v) is 5.81. The SMILES string of the molecule is O=C(CNc1ccc2cc3ccccc3cc2c1)NN=Cc1cc(Br)c(O)c(Br)c1. The van der Waals surface area contributed by atoms with E-state index in [-0.39, 0.29) is 18.2 Å². The number of benzene rings is 4. The number of hydrazone groups is 1. The van der Waals surface area contributed by atoms with E-state index in [2.05, 4.69) is 72.0 Å². The monoisotopic (exact) mass is 525 g/mol. The molecule has 0 aromatic heterocycles. The predicted molar refractivity (Wildman–Crippen MR) is 129 cm³/mol. The third kappa shape index (κ3) is 4.63. The van der Waals surface area contributed by atoms with E-state index in [0.717, 1.165) is 22.0 Å². The molecule has 0 aliphatic carbocycles. The number of anilines is 1. The molecule has 0 radical (unpaired) electrons. The van der Waals surface area contributed by atoms with Gasteiger partial charge in [-0.2, -0.15) is 5.10 Å². The summed E-state index contributed by atoms with van der Waals surface area (Å²) in [4.78, 5) is 12.1. The van der Waals surface area contributed by atoms with Gasteiger partial charge in [-0.05, 0) is 95.4 Å². The summed E-state index contributed by atoms with van der Waals surface area (Å²) in [5.74, 6) is -0.148. The Bertz CT molecular complexity index is 1270. The van der Waals surface area contributed by atoms with Crippen LogP contribution in [0.15, 0.2) is 80.8 Å². The maximum Gasteiger partial charge on any atom is 0.259 e. The number of phenolic OH excluding ortho intramolecular Hbond substituents is 1. The van der Waals surface area contributed by atoms with Crippen molar-refractivity contribution < 1.29 is 9.90 Å². The van der Waals surface area contributed by atoms with Gasteiger partial charge in [-0.3, -0.25) is 4.79 Å². The van der Waals surface area contributed by atoms with Gasteiger partial charge in [0.1, 0.15) is 5.75 Å². The summed E-state index contributed by atoms with van der Waals surface area (Å²) in [6, 6.07) is 22.0. The number of phenols is 1. The van der Waals surface area contributed by atoms with Crippen molar-refractivity contribution in [2.75, 3.05) is 11.9 Å². The van der Waals surface area contributed by atoms with Crippen LogP contribution in [-0.4, -0.2) is 23.8 Å². The molecule has 1 amide bonds. The summed E-state index contributed by atoms with van der Waals surface area (Å²) in [5.41, 5.74) is 4.08. The van der Waals surface area contributed by atoms with Gasteiger partial charge in [0.25, 0.3) is 5.91 Å². The fourth-order valence-electron chi connectivity index (χ4n) is 3.11. The number of halogens is 2. The van der Waals surface area contributed by atoms with Gasteiger partial charge < -0.3 is 10.4 Å². The lowest BCUT2D eigenvalue weighted by Gasteiger charge is -2.08. The van der Waals surface area contributed by atoms with Crippen LogP contribution in [0.25, 0.3) is 21.5 Å². The van der Waals surface area contributed by atoms with Crippen molar-refractivity contribution in [1.29, 1.82) is 0 Å². The van der Waals surface area contributed by atoms with Gasteiger partial charge in [-0.1, -0.05) is 30.3 Å². The average molecular weight is 527 g/mol. The fourth-order valence-corrected chi connectivity index (χ4v) is 4.33. The molecule has 7 heteroatoms. The molecule has 0 heterocycles. The number of amides is 1. The second-order valence-corrected chi connectivity index (χ2v) is 8.45. The summed E-state index contributed by atoms with van der Waals surface area (Å²) in [7, 11) is 0. The average Bonchev–Trinajstić information content (AvgIpc) is 2.74. The highest BCUT2D eigenvalue weighted by molar-refractivity contribution is 9.11. The molecule has 0 aliphatic heterocycles. The van der Waals surface area contributed by atoms with Crippen LogP contribution in [0.1, 0.15) is 5.56 Å². The van der Waals surface area contributed by atoms with Gasteiger partial charge in [0.05, 0.1) is 21.7 Å². The molecular weight excluding hydrogens is 510 g/mol. The Morgan fingerprint density at radius 3 is 2.23 bits per heavy atom. The molecule has 5 nitrogen and oxygen atoms in total. The van der Waals surface area contributed by atoms with Crippen LogP contribution < -0.4 is 10.7 Å². The Morgan fingerprint density at radius 1 is 0.900 bits per heavy atom. The van der Waals surface area contributed by atoms with Gasteiger partial charge in [0.2, 0.25) is 0 Å². The van der Waals surface area contributed by atoms with Crippen molar-refractivity contribution >= 4 is 71.2 Å². The summed E-state index contributed by atoms with van der Waals surface area (Å²) in [5, 5.41) is 21.5. The lowest BCUT2D eigenvalue weighted by Crippen LogP contribution is -2.25. The quantitative estimate of drug-likeness (QED) is 0.175. The number of nitrogens with one attached hydrogen (secondary N) is 2. The normalized spacial score (nSPS) is 11.3. The van der Waals surface area contributed by atoms with Crippen LogP contribution in [0, 0.1) is 0 Å². The summed E-state index contributed by atoms with van der Waals surface area (Å²) < 4.78 is 1.07. The number of fused-ring (bicyclic) bond motifs is 2. The maximum atomic E-state index is 12.1. The van der Waals surface area contributed by atoms with Crippen molar-refractivity contribution in [3.8, 4) is 5.75 Å². The summed E-state index contributed by atoms with van der Waals surface area (Å²) in [6.07, 6.45) is 1.51. The van der Waals surface area contributed by atoms with Gasteiger partial charge in [-0.25, -0.2) is 5.43 Å². The summed E-state index contributed by atoms with van der Waals surface area (Å²) >= 11 is 6.52. The number of carbonyl (C=O) groups is 1. The molecular formula is C23H17Br2N3O2. The first-order valence-electron chi connectivity index (χ1n) is 9.16. The van der Waals surface area contributed by atoms with Gasteiger partial charge in [0.15, 0.2) is 0 Å². The zero-order valence-corrected chi connectivity index (χ0v) is 18.9. The highest BCUT2D eigenvalue weighted by atomic mass is 79.9. The lowest BCUT2D eigenvalue weighted by atomic mass is 10.0. The number of nitrogens with zero attached hydrogens (tertiary/aromatic N) is 1. The molecule has 0 aliphatic rings. The van der Waals surface area contributed by atoms with E-state index < -0.39 is 0 Å². The van der Waals surface area contributed by atoms with Gasteiger partial charge in [-0.15, -0.1) is 0 Å². The first-order chi connectivity index (χ1) is 14.5. The van der Waals surface area contributed by atoms with Crippen molar-refractivity contribution in [3.63, 3.8) is 0 Å². The zero-order valence-electron chi connectivity index (χ0n) is 15.7. The molecule has 4 aromatic rings. The largest absolute Gasteiger partial charge is 0.506 e. The molecule has 0 unspecified atom stereocenters. The first-order valence-corrected chi connectivity index (χ1v) is 10.7. The van der Waals surface area contributed by atoms with Gasteiger partial charge in [0, 0.05) is 5.69 Å². The van der Waals surface area contributed by atoms with Crippen LogP contribution in [0.3, 0.4) is 0 Å². The van der Waals surface area contributed by atoms with E-state index in [1.807, 2.05) is 30.3 Å². The minimum Gasteiger partial charge on any atom is -0.506 e. The number of hydrogen-bond acceptors (Lipinski definition) is 4. The van der Waals surface area contributed by atoms with Crippen molar-refractivity contribution in [3.05, 3.63) is 81.2 Å². The molecule has 3 N–H and O–H groups in total. The minimum absolute atomic E-state index is 0.0966. The molecule has 30 heavy (non-hydrogen) atoms. The van der Waals surface area contributed by atoms with E-state index in [1.54, 1.807) is 12.1 Å². The Balaban J connectivity index is 1.38. The Hall–Kier alpha value is -2.90. The molecule has 0 saturated carbocycles. The minimum atomic E-state index is -0.262. The van der Waals surface area contributed by atoms with E-state index >= 15 is 0 Å². The highest BCUT2D eigenvalue weighted by Gasteiger charge is 2.05. The smallest absolute Gasteiger partial charge is 0.259 e. The van der Waals surface area contributed by atoms with Crippen LogP contribution in [0.4, 0.5) is 5.69 Å². The molecule has 0 bridgehead atoms. The lowest BCUT2D eigenvalue weighted by molar-refractivity contribution is -0.119. The predicted octanol–water partition coefficient (Wildman–Crippen LogP) is 5.79. The Morgan fingerprint density at radius 2 is 1.53 bits per heavy atom. The Kier molecular flexibility index (Phi) is 6.01. The van der Waals surface area contributed by atoms with Crippen LogP contribution >= 0.6 is 31.9 Å². The van der Waals surface area contributed by atoms with Crippen LogP contribution in [0.2, 0.25) is 0 Å². The number of hydrogen-bond donors (Lipinski definition) is 3. The van der Waals surface area contributed by atoms with E-state index in [4.69, 9.17) is 0 Å². The zero-order chi connectivity index (χ0) is 21.1. The topological polar surface area (TPSA) is 73.7 Å². The second-order valence-electron chi connectivity index (χ2n) is 6.74. The molecule has 4 rings (SSSR count). The van der Waals surface area contributed by atoms with E-state index in [1.165, 1.54) is 17.0 Å². The molecule has 0 saturated heterocycles. The van der Waals surface area contributed by atoms with Crippen molar-refractivity contribution in [1.82, 2.24) is 5.43 Å². The highest BCUT2D eigenvalue weighted by Crippen LogP contribution is 2.32. The third-order valence-electron chi connectivity index (χ3n) is 4.60. The molecule has 0 atom stereocenters. The van der Waals surface area contributed by atoms with Crippen LogP contribution in [0.5, 0.6) is 5.75 Å². The Labute approximate surface area is 190 Å². The number of aromatic hydroxyl groups is 1. The van der Waals surface area contributed by atoms with Crippen molar-refractivity contribution in [2.24, 2.45) is 5.10 Å². The second kappa shape index (κ2) is 8.85.